The van der Waals surface area contributed by atoms with E-state index in [9.17, 15) is 0 Å². The average molecular weight is 296 g/mol. The number of hydrogen-bond acceptors (Lipinski definition) is 3. The fourth-order valence-electron chi connectivity index (χ4n) is 2.06. The standard InChI is InChI=1S/C12H11Cl2N5/c1-18-7-15-10(17-18)6-19-11(5-13)16-9-4-2-3-8(14)12(9)19/h2-4,7H,5-6H2,1H3. The van der Waals surface area contributed by atoms with Gasteiger partial charge < -0.3 is 4.57 Å². The largest absolute Gasteiger partial charge is 0.318 e. The van der Waals surface area contributed by atoms with Crippen molar-refractivity contribution in [3.05, 3.63) is 41.2 Å². The number of imidazole rings is 1. The van der Waals surface area contributed by atoms with E-state index in [1.165, 1.54) is 0 Å². The predicted octanol–water partition coefficient (Wildman–Crippen LogP) is 2.61. The van der Waals surface area contributed by atoms with Gasteiger partial charge in [0.2, 0.25) is 0 Å². The minimum Gasteiger partial charge on any atom is -0.318 e. The second kappa shape index (κ2) is 4.83. The van der Waals surface area contributed by atoms with Crippen molar-refractivity contribution in [2.24, 2.45) is 7.05 Å². The Balaban J connectivity index is 2.15. The number of fused-ring (bicyclic) bond motifs is 1. The molecule has 0 spiro atoms. The lowest BCUT2D eigenvalue weighted by molar-refractivity contribution is 0.697. The lowest BCUT2D eigenvalue weighted by Crippen LogP contribution is -2.06. The molecule has 3 aromatic rings. The van der Waals surface area contributed by atoms with Crippen LogP contribution in [0.25, 0.3) is 11.0 Å². The molecule has 98 valence electrons. The summed E-state index contributed by atoms with van der Waals surface area (Å²) < 4.78 is 3.62. The van der Waals surface area contributed by atoms with Gasteiger partial charge in [0.25, 0.3) is 0 Å². The number of para-hydroxylation sites is 1. The summed E-state index contributed by atoms with van der Waals surface area (Å²) in [7, 11) is 1.83. The summed E-state index contributed by atoms with van der Waals surface area (Å²) in [6, 6.07) is 5.63. The normalized spacial score (nSPS) is 11.3. The van der Waals surface area contributed by atoms with Crippen molar-refractivity contribution in [1.82, 2.24) is 24.3 Å². The van der Waals surface area contributed by atoms with Gasteiger partial charge in [-0.1, -0.05) is 17.7 Å². The predicted molar refractivity (Wildman–Crippen MR) is 74.4 cm³/mol. The van der Waals surface area contributed by atoms with E-state index >= 15 is 0 Å². The Morgan fingerprint density at radius 3 is 2.84 bits per heavy atom. The zero-order valence-electron chi connectivity index (χ0n) is 10.2. The zero-order chi connectivity index (χ0) is 13.4. The first-order chi connectivity index (χ1) is 9.19. The van der Waals surface area contributed by atoms with E-state index in [2.05, 4.69) is 15.1 Å². The quantitative estimate of drug-likeness (QED) is 0.698. The van der Waals surface area contributed by atoms with E-state index in [-0.39, 0.29) is 0 Å². The Morgan fingerprint density at radius 2 is 2.16 bits per heavy atom. The van der Waals surface area contributed by atoms with Gasteiger partial charge in [-0.3, -0.25) is 4.68 Å². The van der Waals surface area contributed by atoms with Crippen LogP contribution in [0.3, 0.4) is 0 Å². The van der Waals surface area contributed by atoms with Crippen LogP contribution < -0.4 is 0 Å². The monoisotopic (exact) mass is 295 g/mol. The van der Waals surface area contributed by atoms with Gasteiger partial charge >= 0.3 is 0 Å². The highest BCUT2D eigenvalue weighted by molar-refractivity contribution is 6.35. The smallest absolute Gasteiger partial charge is 0.170 e. The molecule has 0 radical (unpaired) electrons. The van der Waals surface area contributed by atoms with Crippen molar-refractivity contribution < 1.29 is 0 Å². The maximum absolute atomic E-state index is 6.25. The third kappa shape index (κ3) is 2.19. The van der Waals surface area contributed by atoms with Crippen LogP contribution in [-0.2, 0) is 19.5 Å². The third-order valence-corrected chi connectivity index (χ3v) is 3.41. The highest BCUT2D eigenvalue weighted by Gasteiger charge is 2.14. The third-order valence-electron chi connectivity index (χ3n) is 2.86. The molecular formula is C12H11Cl2N5. The van der Waals surface area contributed by atoms with Gasteiger partial charge in [-0.2, -0.15) is 5.10 Å². The zero-order valence-corrected chi connectivity index (χ0v) is 11.7. The van der Waals surface area contributed by atoms with E-state index in [0.717, 1.165) is 16.9 Å². The Kier molecular flexibility index (Phi) is 3.16. The number of benzene rings is 1. The van der Waals surface area contributed by atoms with E-state index in [1.807, 2.05) is 29.8 Å². The molecule has 0 unspecified atom stereocenters. The number of aryl methyl sites for hydroxylation is 1. The molecule has 0 saturated carbocycles. The Morgan fingerprint density at radius 1 is 1.32 bits per heavy atom. The summed E-state index contributed by atoms with van der Waals surface area (Å²) in [5.41, 5.74) is 1.70. The number of nitrogens with zero attached hydrogens (tertiary/aromatic N) is 5. The molecule has 0 N–H and O–H groups in total. The average Bonchev–Trinajstić information content (AvgIpc) is 2.95. The van der Waals surface area contributed by atoms with Gasteiger partial charge in [0.05, 0.1) is 28.5 Å². The maximum atomic E-state index is 6.25. The van der Waals surface area contributed by atoms with Crippen LogP contribution in [0.15, 0.2) is 24.5 Å². The Hall–Kier alpha value is -1.59. The molecule has 1 aromatic carbocycles. The van der Waals surface area contributed by atoms with Crippen molar-refractivity contribution >= 4 is 34.2 Å². The van der Waals surface area contributed by atoms with Crippen LogP contribution in [-0.4, -0.2) is 24.3 Å². The van der Waals surface area contributed by atoms with Crippen LogP contribution in [0.4, 0.5) is 0 Å². The van der Waals surface area contributed by atoms with Crippen molar-refractivity contribution in [1.29, 1.82) is 0 Å². The molecule has 2 aromatic heterocycles. The lowest BCUT2D eigenvalue weighted by atomic mass is 10.3. The fraction of sp³-hybridized carbons (Fsp3) is 0.250. The summed E-state index contributed by atoms with van der Waals surface area (Å²) in [5.74, 6) is 1.78. The number of aromatic nitrogens is 5. The molecular weight excluding hydrogens is 285 g/mol. The number of hydrogen-bond donors (Lipinski definition) is 0. The first-order valence-corrected chi connectivity index (χ1v) is 6.64. The second-order valence-electron chi connectivity index (χ2n) is 4.19. The van der Waals surface area contributed by atoms with Crippen LogP contribution >= 0.6 is 23.2 Å². The Labute approximate surface area is 119 Å². The molecule has 3 rings (SSSR count). The van der Waals surface area contributed by atoms with Gasteiger partial charge in [0, 0.05) is 7.05 Å². The minimum atomic E-state index is 0.317. The van der Waals surface area contributed by atoms with Crippen molar-refractivity contribution in [3.8, 4) is 0 Å². The molecule has 0 amide bonds. The summed E-state index contributed by atoms with van der Waals surface area (Å²) >= 11 is 12.2. The van der Waals surface area contributed by atoms with Crippen molar-refractivity contribution in [3.63, 3.8) is 0 Å². The molecule has 5 nitrogen and oxygen atoms in total. The summed E-state index contributed by atoms with van der Waals surface area (Å²) in [4.78, 5) is 8.70. The van der Waals surface area contributed by atoms with Gasteiger partial charge in [-0.15, -0.1) is 11.6 Å². The molecule has 0 aliphatic rings. The molecule has 0 atom stereocenters. The van der Waals surface area contributed by atoms with E-state index in [4.69, 9.17) is 23.2 Å². The topological polar surface area (TPSA) is 48.5 Å². The van der Waals surface area contributed by atoms with E-state index in [1.54, 1.807) is 11.0 Å². The molecule has 0 aliphatic carbocycles. The lowest BCUT2D eigenvalue weighted by Gasteiger charge is -2.05. The Bertz CT molecular complexity index is 731. The molecule has 7 heteroatoms. The summed E-state index contributed by atoms with van der Waals surface area (Å²) in [6.07, 6.45) is 1.66. The molecule has 0 bridgehead atoms. The minimum absolute atomic E-state index is 0.317. The van der Waals surface area contributed by atoms with Gasteiger partial charge in [0.15, 0.2) is 5.82 Å². The SMILES string of the molecule is Cn1cnc(Cn2c(CCl)nc3cccc(Cl)c32)n1. The van der Waals surface area contributed by atoms with E-state index < -0.39 is 0 Å². The van der Waals surface area contributed by atoms with Crippen LogP contribution in [0, 0.1) is 0 Å². The summed E-state index contributed by atoms with van der Waals surface area (Å²) in [5, 5.41) is 4.92. The molecule has 2 heterocycles. The highest BCUT2D eigenvalue weighted by Crippen LogP contribution is 2.25. The van der Waals surface area contributed by atoms with Gasteiger partial charge in [-0.05, 0) is 12.1 Å². The van der Waals surface area contributed by atoms with Gasteiger partial charge in [0.1, 0.15) is 12.2 Å². The summed E-state index contributed by atoms with van der Waals surface area (Å²) in [6.45, 7) is 0.503. The fourth-order valence-corrected chi connectivity index (χ4v) is 2.54. The molecule has 0 saturated heterocycles. The number of halogens is 2. The van der Waals surface area contributed by atoms with E-state index in [0.29, 0.717) is 23.3 Å². The van der Waals surface area contributed by atoms with Crippen LogP contribution in [0.5, 0.6) is 0 Å². The van der Waals surface area contributed by atoms with Crippen molar-refractivity contribution in [2.75, 3.05) is 0 Å². The van der Waals surface area contributed by atoms with Crippen LogP contribution in [0.2, 0.25) is 5.02 Å². The molecule has 0 aliphatic heterocycles. The number of rotatable bonds is 3. The highest BCUT2D eigenvalue weighted by atomic mass is 35.5. The van der Waals surface area contributed by atoms with Crippen LogP contribution in [0.1, 0.15) is 11.6 Å². The molecule has 0 fully saturated rings. The van der Waals surface area contributed by atoms with Crippen molar-refractivity contribution in [2.45, 2.75) is 12.4 Å². The second-order valence-corrected chi connectivity index (χ2v) is 4.86. The number of alkyl halides is 1. The van der Waals surface area contributed by atoms with Gasteiger partial charge in [-0.25, -0.2) is 9.97 Å². The molecule has 19 heavy (non-hydrogen) atoms. The maximum Gasteiger partial charge on any atom is 0.170 e. The first-order valence-electron chi connectivity index (χ1n) is 5.73. The first kappa shape index (κ1) is 12.4.